The van der Waals surface area contributed by atoms with Gasteiger partial charge >= 0.3 is 0 Å². The molecule has 4 rings (SSSR count). The molecule has 26 heavy (non-hydrogen) atoms. The summed E-state index contributed by atoms with van der Waals surface area (Å²) in [6, 6.07) is 7.70. The number of furan rings is 1. The minimum atomic E-state index is -0.605. The van der Waals surface area contributed by atoms with Crippen molar-refractivity contribution < 1.29 is 13.6 Å². The van der Waals surface area contributed by atoms with Crippen LogP contribution in [0.2, 0.25) is 5.02 Å². The van der Waals surface area contributed by atoms with E-state index in [2.05, 4.69) is 0 Å². The van der Waals surface area contributed by atoms with Crippen LogP contribution >= 0.6 is 11.6 Å². The number of amides is 1. The van der Waals surface area contributed by atoms with Crippen molar-refractivity contribution in [3.8, 4) is 0 Å². The third kappa shape index (κ3) is 2.62. The van der Waals surface area contributed by atoms with Gasteiger partial charge in [-0.15, -0.1) is 0 Å². The number of hydrogen-bond acceptors (Lipinski definition) is 5. The zero-order chi connectivity index (χ0) is 18.4. The molecule has 0 spiro atoms. The Bertz CT molecular complexity index is 1040. The molecule has 0 saturated carbocycles. The summed E-state index contributed by atoms with van der Waals surface area (Å²) in [5.74, 6) is 0.298. The molecule has 0 unspecified atom stereocenters. The largest absolute Gasteiger partial charge is 0.467 e. The summed E-state index contributed by atoms with van der Waals surface area (Å²) >= 11 is 6.04. The quantitative estimate of drug-likeness (QED) is 0.703. The van der Waals surface area contributed by atoms with Gasteiger partial charge in [0, 0.05) is 18.1 Å². The van der Waals surface area contributed by atoms with Crippen molar-refractivity contribution >= 4 is 28.5 Å². The second-order valence-electron chi connectivity index (χ2n) is 6.53. The molecule has 3 heterocycles. The average Bonchev–Trinajstić information content (AvgIpc) is 3.21. The molecule has 0 saturated heterocycles. The lowest BCUT2D eigenvalue weighted by molar-refractivity contribution is 0.0702. The first-order valence-electron chi connectivity index (χ1n) is 8.22. The lowest BCUT2D eigenvalue weighted by Gasteiger charge is -2.24. The molecule has 0 fully saturated rings. The van der Waals surface area contributed by atoms with Gasteiger partial charge in [-0.1, -0.05) is 11.6 Å². The van der Waals surface area contributed by atoms with Crippen molar-refractivity contribution in [2.45, 2.75) is 6.04 Å². The van der Waals surface area contributed by atoms with Crippen LogP contribution < -0.4 is 5.43 Å². The average molecular weight is 373 g/mol. The molecule has 1 aliphatic rings. The van der Waals surface area contributed by atoms with Crippen LogP contribution in [-0.2, 0) is 0 Å². The van der Waals surface area contributed by atoms with Gasteiger partial charge in [-0.05, 0) is 44.4 Å². The predicted octanol–water partition coefficient (Wildman–Crippen LogP) is 3.15. The Balaban J connectivity index is 1.94. The maximum atomic E-state index is 13.2. The Morgan fingerprint density at radius 1 is 1.23 bits per heavy atom. The third-order valence-electron chi connectivity index (χ3n) is 4.53. The molecular formula is C19H17ClN2O4. The topological polar surface area (TPSA) is 66.9 Å². The third-order valence-corrected chi connectivity index (χ3v) is 4.76. The van der Waals surface area contributed by atoms with E-state index in [1.807, 2.05) is 19.0 Å². The monoisotopic (exact) mass is 372 g/mol. The van der Waals surface area contributed by atoms with Gasteiger partial charge in [0.25, 0.3) is 5.91 Å². The molecule has 1 amide bonds. The van der Waals surface area contributed by atoms with E-state index in [1.165, 1.54) is 6.26 Å². The highest BCUT2D eigenvalue weighted by atomic mass is 35.5. The van der Waals surface area contributed by atoms with Gasteiger partial charge in [-0.3, -0.25) is 9.59 Å². The van der Waals surface area contributed by atoms with Gasteiger partial charge in [0.15, 0.2) is 5.43 Å². The van der Waals surface area contributed by atoms with Crippen molar-refractivity contribution in [1.29, 1.82) is 0 Å². The van der Waals surface area contributed by atoms with E-state index in [0.717, 1.165) is 0 Å². The molecule has 0 N–H and O–H groups in total. The zero-order valence-corrected chi connectivity index (χ0v) is 15.1. The minimum Gasteiger partial charge on any atom is -0.467 e. The molecule has 1 aliphatic heterocycles. The first-order chi connectivity index (χ1) is 12.5. The number of likely N-dealkylation sites (N-methyl/N-ethyl adjacent to an activating group) is 1. The van der Waals surface area contributed by atoms with Crippen LogP contribution in [0.1, 0.15) is 27.9 Å². The Labute approximate surface area is 154 Å². The molecule has 7 heteroatoms. The number of benzene rings is 1. The lowest BCUT2D eigenvalue weighted by Crippen LogP contribution is -2.35. The maximum Gasteiger partial charge on any atom is 0.291 e. The molecule has 1 atom stereocenters. The van der Waals surface area contributed by atoms with Crippen molar-refractivity contribution in [2.75, 3.05) is 27.2 Å². The van der Waals surface area contributed by atoms with Crippen molar-refractivity contribution in [2.24, 2.45) is 0 Å². The smallest absolute Gasteiger partial charge is 0.291 e. The second kappa shape index (κ2) is 6.30. The Morgan fingerprint density at radius 2 is 2.04 bits per heavy atom. The lowest BCUT2D eigenvalue weighted by atomic mass is 10.0. The predicted molar refractivity (Wildman–Crippen MR) is 97.6 cm³/mol. The van der Waals surface area contributed by atoms with Crippen LogP contribution in [0.3, 0.4) is 0 Å². The molecule has 2 aromatic heterocycles. The van der Waals surface area contributed by atoms with Crippen LogP contribution in [0.25, 0.3) is 11.0 Å². The van der Waals surface area contributed by atoms with Crippen molar-refractivity contribution in [3.05, 3.63) is 68.9 Å². The van der Waals surface area contributed by atoms with Gasteiger partial charge in [0.05, 0.1) is 17.2 Å². The maximum absolute atomic E-state index is 13.2. The summed E-state index contributed by atoms with van der Waals surface area (Å²) in [4.78, 5) is 29.7. The van der Waals surface area contributed by atoms with Gasteiger partial charge in [-0.2, -0.15) is 0 Å². The minimum absolute atomic E-state index is 0.0741. The van der Waals surface area contributed by atoms with Gasteiger partial charge in [0.2, 0.25) is 5.76 Å². The fourth-order valence-corrected chi connectivity index (χ4v) is 3.45. The van der Waals surface area contributed by atoms with Crippen LogP contribution in [0.5, 0.6) is 0 Å². The summed E-state index contributed by atoms with van der Waals surface area (Å²) in [6.45, 7) is 1.09. The van der Waals surface area contributed by atoms with Gasteiger partial charge < -0.3 is 18.6 Å². The number of carbonyl (C=O) groups excluding carboxylic acids is 1. The highest BCUT2D eigenvalue weighted by molar-refractivity contribution is 6.31. The second-order valence-corrected chi connectivity index (χ2v) is 6.97. The molecular weight excluding hydrogens is 356 g/mol. The summed E-state index contributed by atoms with van der Waals surface area (Å²) < 4.78 is 11.3. The van der Waals surface area contributed by atoms with E-state index in [-0.39, 0.29) is 17.1 Å². The SMILES string of the molecule is CN(C)CCN1C(=O)c2oc3ccc(Cl)cc3c(=O)c2[C@@H]1c1ccco1. The Kier molecular flexibility index (Phi) is 4.09. The fraction of sp³-hybridized carbons (Fsp3) is 0.263. The standard InChI is InChI=1S/C19H17ClN2O4/c1-21(2)7-8-22-16(14-4-3-9-25-14)15-17(23)12-10-11(20)5-6-13(12)26-18(15)19(22)24/h3-6,9-10,16H,7-8H2,1-2H3/t16-/m0/s1. The number of carbonyl (C=O) groups is 1. The number of fused-ring (bicyclic) bond motifs is 2. The van der Waals surface area contributed by atoms with Gasteiger partial charge in [-0.25, -0.2) is 0 Å². The van der Waals surface area contributed by atoms with E-state index in [0.29, 0.717) is 40.4 Å². The van der Waals surface area contributed by atoms with E-state index < -0.39 is 6.04 Å². The van der Waals surface area contributed by atoms with Crippen molar-refractivity contribution in [1.82, 2.24) is 9.80 Å². The van der Waals surface area contributed by atoms with Crippen LogP contribution in [0.4, 0.5) is 0 Å². The summed E-state index contributed by atoms with van der Waals surface area (Å²) in [6.07, 6.45) is 1.53. The van der Waals surface area contributed by atoms with Crippen LogP contribution in [0.15, 0.2) is 50.2 Å². The van der Waals surface area contributed by atoms with Crippen LogP contribution in [-0.4, -0.2) is 42.9 Å². The summed E-state index contributed by atoms with van der Waals surface area (Å²) in [5, 5.41) is 0.795. The van der Waals surface area contributed by atoms with E-state index in [1.54, 1.807) is 35.2 Å². The van der Waals surface area contributed by atoms with Crippen molar-refractivity contribution in [3.63, 3.8) is 0 Å². The summed E-state index contributed by atoms with van der Waals surface area (Å²) in [7, 11) is 3.85. The molecule has 0 bridgehead atoms. The first-order valence-corrected chi connectivity index (χ1v) is 8.60. The Morgan fingerprint density at radius 3 is 2.73 bits per heavy atom. The molecule has 0 aliphatic carbocycles. The summed E-state index contributed by atoms with van der Waals surface area (Å²) in [5.41, 5.74) is 0.392. The number of rotatable bonds is 4. The number of halogens is 1. The zero-order valence-electron chi connectivity index (χ0n) is 14.4. The van der Waals surface area contributed by atoms with E-state index in [9.17, 15) is 9.59 Å². The number of hydrogen-bond donors (Lipinski definition) is 0. The first kappa shape index (κ1) is 16.9. The molecule has 6 nitrogen and oxygen atoms in total. The van der Waals surface area contributed by atoms with Gasteiger partial charge in [0.1, 0.15) is 17.4 Å². The molecule has 134 valence electrons. The molecule has 0 radical (unpaired) electrons. The van der Waals surface area contributed by atoms with E-state index in [4.69, 9.17) is 20.4 Å². The van der Waals surface area contributed by atoms with Crippen LogP contribution in [0, 0.1) is 0 Å². The van der Waals surface area contributed by atoms with E-state index >= 15 is 0 Å². The molecule has 3 aromatic rings. The number of nitrogens with zero attached hydrogens (tertiary/aromatic N) is 2. The normalized spacial score (nSPS) is 16.7. The Hall–Kier alpha value is -2.57. The molecule has 1 aromatic carbocycles. The highest BCUT2D eigenvalue weighted by Gasteiger charge is 2.43. The fourth-order valence-electron chi connectivity index (χ4n) is 3.27. The highest BCUT2D eigenvalue weighted by Crippen LogP contribution is 2.38.